The molecule has 0 atom stereocenters. The van der Waals surface area contributed by atoms with Crippen molar-refractivity contribution in [1.29, 1.82) is 0 Å². The number of para-hydroxylation sites is 1. The predicted octanol–water partition coefficient (Wildman–Crippen LogP) is 1.57. The van der Waals surface area contributed by atoms with Gasteiger partial charge in [0.1, 0.15) is 0 Å². The van der Waals surface area contributed by atoms with E-state index in [4.69, 9.17) is 0 Å². The predicted molar refractivity (Wildman–Crippen MR) is 80.7 cm³/mol. The lowest BCUT2D eigenvalue weighted by Crippen LogP contribution is -2.51. The summed E-state index contributed by atoms with van der Waals surface area (Å²) in [4.78, 5) is 19.6. The van der Waals surface area contributed by atoms with E-state index in [-0.39, 0.29) is 12.1 Å². The summed E-state index contributed by atoms with van der Waals surface area (Å²) in [7, 11) is 8.17. The second kappa shape index (κ2) is 5.94. The molecule has 0 saturated carbocycles. The minimum Gasteiger partial charge on any atom is -0.308 e. The molecule has 1 aromatic rings. The average molecular weight is 279 g/mol. The number of hydrogen-bond donors (Lipinski definition) is 0. The van der Waals surface area contributed by atoms with Gasteiger partial charge in [-0.05, 0) is 40.3 Å². The Labute approximate surface area is 119 Å². The fourth-order valence-corrected chi connectivity index (χ4v) is 3.24. The molecule has 0 saturated heterocycles. The van der Waals surface area contributed by atoms with Gasteiger partial charge < -0.3 is 4.90 Å². The zero-order valence-electron chi connectivity index (χ0n) is 12.0. The van der Waals surface area contributed by atoms with Crippen LogP contribution in [0.15, 0.2) is 29.2 Å². The maximum Gasteiger partial charge on any atom is 0.237 e. The van der Waals surface area contributed by atoms with Crippen LogP contribution in [-0.2, 0) is 4.79 Å². The molecule has 0 N–H and O–H groups in total. The second-order valence-electron chi connectivity index (χ2n) is 5.17. The number of thioether (sulfide) groups is 1. The van der Waals surface area contributed by atoms with E-state index in [1.165, 1.54) is 4.90 Å². The van der Waals surface area contributed by atoms with Crippen molar-refractivity contribution in [1.82, 2.24) is 9.80 Å². The fraction of sp³-hybridized carbons (Fsp3) is 0.500. The van der Waals surface area contributed by atoms with E-state index in [0.717, 1.165) is 5.69 Å². The van der Waals surface area contributed by atoms with E-state index in [1.807, 2.05) is 51.3 Å². The van der Waals surface area contributed by atoms with Crippen LogP contribution in [-0.4, -0.2) is 62.4 Å². The number of carbonyl (C=O) groups is 1. The van der Waals surface area contributed by atoms with Crippen LogP contribution in [0.1, 0.15) is 0 Å². The maximum atomic E-state index is 12.2. The minimum atomic E-state index is 0.192. The summed E-state index contributed by atoms with van der Waals surface area (Å²) < 4.78 is 0. The van der Waals surface area contributed by atoms with Gasteiger partial charge in [-0.15, -0.1) is 11.8 Å². The van der Waals surface area contributed by atoms with Gasteiger partial charge in [-0.1, -0.05) is 12.1 Å². The lowest BCUT2D eigenvalue weighted by atomic mass is 10.2. The molecule has 1 heterocycles. The Balaban J connectivity index is 2.26. The highest BCUT2D eigenvalue weighted by atomic mass is 32.2. The Morgan fingerprint density at radius 3 is 2.47 bits per heavy atom. The molecule has 0 unspecified atom stereocenters. The van der Waals surface area contributed by atoms with Crippen molar-refractivity contribution >= 4 is 23.4 Å². The molecule has 4 nitrogen and oxygen atoms in total. The van der Waals surface area contributed by atoms with E-state index in [2.05, 4.69) is 15.9 Å². The third-order valence-electron chi connectivity index (χ3n) is 3.35. The number of nitrogens with zero attached hydrogens (tertiary/aromatic N) is 3. The summed E-state index contributed by atoms with van der Waals surface area (Å²) in [5.74, 6) is 0.724. The molecular weight excluding hydrogens is 258 g/mol. The zero-order valence-corrected chi connectivity index (χ0v) is 12.8. The third-order valence-corrected chi connectivity index (χ3v) is 4.39. The second-order valence-corrected chi connectivity index (χ2v) is 6.19. The van der Waals surface area contributed by atoms with Crippen molar-refractivity contribution in [2.45, 2.75) is 11.1 Å². The number of hydrogen-bond acceptors (Lipinski definition) is 4. The summed E-state index contributed by atoms with van der Waals surface area (Å²) in [6.45, 7) is 0.691. The molecule has 0 bridgehead atoms. The highest BCUT2D eigenvalue weighted by molar-refractivity contribution is 8.00. The van der Waals surface area contributed by atoms with Crippen molar-refractivity contribution in [2.24, 2.45) is 0 Å². The van der Waals surface area contributed by atoms with Crippen molar-refractivity contribution in [2.75, 3.05) is 45.4 Å². The molecule has 104 valence electrons. The maximum absolute atomic E-state index is 12.2. The van der Waals surface area contributed by atoms with E-state index in [1.54, 1.807) is 11.8 Å². The summed E-state index contributed by atoms with van der Waals surface area (Å²) in [6, 6.07) is 8.13. The number of rotatable bonds is 4. The molecular formula is C14H21N3OS. The van der Waals surface area contributed by atoms with E-state index >= 15 is 0 Å². The van der Waals surface area contributed by atoms with E-state index in [9.17, 15) is 4.79 Å². The van der Waals surface area contributed by atoms with Crippen molar-refractivity contribution in [3.8, 4) is 0 Å². The largest absolute Gasteiger partial charge is 0.308 e. The van der Waals surface area contributed by atoms with Gasteiger partial charge in [-0.3, -0.25) is 14.6 Å². The smallest absolute Gasteiger partial charge is 0.237 e. The molecule has 0 fully saturated rings. The first-order chi connectivity index (χ1) is 9.00. The number of fused-ring (bicyclic) bond motifs is 1. The van der Waals surface area contributed by atoms with E-state index < -0.39 is 0 Å². The first kappa shape index (κ1) is 14.4. The summed E-state index contributed by atoms with van der Waals surface area (Å²) in [6.07, 6.45) is 0.208. The van der Waals surface area contributed by atoms with Gasteiger partial charge in [-0.25, -0.2) is 0 Å². The Hall–Kier alpha value is -1.04. The van der Waals surface area contributed by atoms with Gasteiger partial charge in [-0.2, -0.15) is 0 Å². The molecule has 1 aliphatic heterocycles. The molecule has 0 radical (unpaired) electrons. The number of likely N-dealkylation sites (N-methyl/N-ethyl adjacent to an activating group) is 2. The Bertz CT molecular complexity index is 454. The Kier molecular flexibility index (Phi) is 4.50. The zero-order chi connectivity index (χ0) is 14.0. The van der Waals surface area contributed by atoms with E-state index in [0.29, 0.717) is 12.3 Å². The average Bonchev–Trinajstić information content (AvgIpc) is 2.36. The number of anilines is 1. The van der Waals surface area contributed by atoms with Crippen LogP contribution in [0.25, 0.3) is 0 Å². The van der Waals surface area contributed by atoms with Crippen LogP contribution in [0.2, 0.25) is 0 Å². The number of carbonyl (C=O) groups excluding carboxylic acids is 1. The van der Waals surface area contributed by atoms with Gasteiger partial charge in [0.25, 0.3) is 0 Å². The first-order valence-electron chi connectivity index (χ1n) is 6.35. The molecule has 0 spiro atoms. The quantitative estimate of drug-likeness (QED) is 0.782. The van der Waals surface area contributed by atoms with Crippen molar-refractivity contribution in [3.05, 3.63) is 24.3 Å². The first-order valence-corrected chi connectivity index (χ1v) is 7.34. The standard InChI is InChI=1S/C14H21N3OS/c1-15(2)13(16(3)4)9-17-11-7-5-6-8-12(11)19-10-14(17)18/h5-8,13H,9-10H2,1-4H3. The highest BCUT2D eigenvalue weighted by Crippen LogP contribution is 2.35. The molecule has 5 heteroatoms. The van der Waals surface area contributed by atoms with Crippen molar-refractivity contribution in [3.63, 3.8) is 0 Å². The molecule has 0 aromatic heterocycles. The van der Waals surface area contributed by atoms with Crippen LogP contribution in [0.4, 0.5) is 5.69 Å². The summed E-state index contributed by atoms with van der Waals surface area (Å²) >= 11 is 1.63. The third kappa shape index (κ3) is 3.11. The van der Waals surface area contributed by atoms with Gasteiger partial charge in [0, 0.05) is 4.90 Å². The van der Waals surface area contributed by atoms with Crippen LogP contribution >= 0.6 is 11.8 Å². The minimum absolute atomic E-state index is 0.192. The molecule has 2 rings (SSSR count). The van der Waals surface area contributed by atoms with Gasteiger partial charge in [0.15, 0.2) is 0 Å². The van der Waals surface area contributed by atoms with Crippen LogP contribution in [0.5, 0.6) is 0 Å². The van der Waals surface area contributed by atoms with Crippen LogP contribution in [0.3, 0.4) is 0 Å². The lowest BCUT2D eigenvalue weighted by molar-refractivity contribution is -0.116. The fourth-order valence-electron chi connectivity index (χ4n) is 2.31. The number of amides is 1. The van der Waals surface area contributed by atoms with Gasteiger partial charge in [0.05, 0.1) is 24.2 Å². The van der Waals surface area contributed by atoms with Crippen LogP contribution < -0.4 is 4.90 Å². The molecule has 19 heavy (non-hydrogen) atoms. The van der Waals surface area contributed by atoms with Crippen molar-refractivity contribution < 1.29 is 4.79 Å². The molecule has 1 amide bonds. The van der Waals surface area contributed by atoms with Crippen LogP contribution in [0, 0.1) is 0 Å². The topological polar surface area (TPSA) is 26.8 Å². The molecule has 1 aromatic carbocycles. The van der Waals surface area contributed by atoms with Gasteiger partial charge >= 0.3 is 0 Å². The normalized spacial score (nSPS) is 15.5. The highest BCUT2D eigenvalue weighted by Gasteiger charge is 2.28. The Morgan fingerprint density at radius 1 is 1.21 bits per heavy atom. The monoisotopic (exact) mass is 279 g/mol. The summed E-state index contributed by atoms with van der Waals surface area (Å²) in [5, 5.41) is 0. The molecule has 1 aliphatic rings. The number of benzene rings is 1. The van der Waals surface area contributed by atoms with Gasteiger partial charge in [0.2, 0.25) is 5.91 Å². The Morgan fingerprint density at radius 2 is 1.84 bits per heavy atom. The lowest BCUT2D eigenvalue weighted by Gasteiger charge is -2.37. The summed E-state index contributed by atoms with van der Waals surface area (Å²) in [5.41, 5.74) is 1.04. The SMILES string of the molecule is CN(C)C(CN1C(=O)CSc2ccccc21)N(C)C. The molecule has 0 aliphatic carbocycles.